The number of nitrogens with zero attached hydrogens (tertiary/aromatic N) is 2. The van der Waals surface area contributed by atoms with Gasteiger partial charge in [-0.2, -0.15) is 0 Å². The molecule has 3 heterocycles. The van der Waals surface area contributed by atoms with E-state index in [0.717, 1.165) is 12.8 Å². The summed E-state index contributed by atoms with van der Waals surface area (Å²) in [6, 6.07) is 3.82. The van der Waals surface area contributed by atoms with E-state index >= 15 is 0 Å². The first-order chi connectivity index (χ1) is 10.2. The smallest absolute Gasteiger partial charge is 0.273 e. The fourth-order valence-electron chi connectivity index (χ4n) is 2.65. The lowest BCUT2D eigenvalue weighted by molar-refractivity contribution is 0.0484. The number of aromatic nitrogens is 1. The van der Waals surface area contributed by atoms with E-state index in [2.05, 4.69) is 4.98 Å². The lowest BCUT2D eigenvalue weighted by atomic mass is 9.94. The highest BCUT2D eigenvalue weighted by Crippen LogP contribution is 2.27. The summed E-state index contributed by atoms with van der Waals surface area (Å²) >= 11 is 1.41. The van der Waals surface area contributed by atoms with Crippen LogP contribution in [-0.2, 0) is 0 Å². The standard InChI is InChI=1S/C15H18N2O3S/c1-10-4-5-11(8-18)7-17(10)15(19)12-9-21-14(16-12)13-3-2-6-20-13/h2-3,6,9-11,18H,4-5,7-8H2,1H3. The number of hydrogen-bond acceptors (Lipinski definition) is 5. The van der Waals surface area contributed by atoms with Crippen LogP contribution in [0.4, 0.5) is 0 Å². The van der Waals surface area contributed by atoms with Gasteiger partial charge in [-0.25, -0.2) is 4.98 Å². The summed E-state index contributed by atoms with van der Waals surface area (Å²) in [6.45, 7) is 2.78. The predicted octanol–water partition coefficient (Wildman–Crippen LogP) is 2.64. The second kappa shape index (κ2) is 5.99. The Hall–Kier alpha value is -1.66. The molecule has 3 rings (SSSR count). The van der Waals surface area contributed by atoms with Crippen molar-refractivity contribution >= 4 is 17.2 Å². The van der Waals surface area contributed by atoms with E-state index in [4.69, 9.17) is 4.42 Å². The highest BCUT2D eigenvalue weighted by atomic mass is 32.1. The Morgan fingerprint density at radius 2 is 2.43 bits per heavy atom. The number of thiazole rings is 1. The molecule has 2 aromatic rings. The molecule has 1 N–H and O–H groups in total. The van der Waals surface area contributed by atoms with Crippen molar-refractivity contribution in [2.75, 3.05) is 13.2 Å². The van der Waals surface area contributed by atoms with Crippen LogP contribution < -0.4 is 0 Å². The Balaban J connectivity index is 1.78. The van der Waals surface area contributed by atoms with Crippen molar-refractivity contribution in [2.45, 2.75) is 25.8 Å². The maximum Gasteiger partial charge on any atom is 0.273 e. The Morgan fingerprint density at radius 3 is 3.14 bits per heavy atom. The van der Waals surface area contributed by atoms with Gasteiger partial charge >= 0.3 is 0 Å². The Bertz CT molecular complexity index is 608. The minimum absolute atomic E-state index is 0.0605. The van der Waals surface area contributed by atoms with Crippen LogP contribution in [0.3, 0.4) is 0 Å². The molecule has 1 aliphatic heterocycles. The van der Waals surface area contributed by atoms with E-state index in [1.807, 2.05) is 17.9 Å². The number of likely N-dealkylation sites (tertiary alicyclic amines) is 1. The van der Waals surface area contributed by atoms with Crippen molar-refractivity contribution in [3.63, 3.8) is 0 Å². The average Bonchev–Trinajstić information content (AvgIpc) is 3.18. The van der Waals surface area contributed by atoms with Crippen LogP contribution in [0.15, 0.2) is 28.2 Å². The minimum atomic E-state index is -0.0605. The normalized spacial score (nSPS) is 22.5. The van der Waals surface area contributed by atoms with Gasteiger partial charge in [-0.1, -0.05) is 0 Å². The van der Waals surface area contributed by atoms with Crippen LogP contribution in [-0.4, -0.2) is 40.1 Å². The van der Waals surface area contributed by atoms with Crippen LogP contribution in [0.5, 0.6) is 0 Å². The molecule has 2 atom stereocenters. The minimum Gasteiger partial charge on any atom is -0.462 e. The van der Waals surface area contributed by atoms with E-state index in [-0.39, 0.29) is 24.5 Å². The zero-order valence-electron chi connectivity index (χ0n) is 11.9. The average molecular weight is 306 g/mol. The first-order valence-corrected chi connectivity index (χ1v) is 7.98. The quantitative estimate of drug-likeness (QED) is 0.946. The SMILES string of the molecule is CC1CCC(CO)CN1C(=O)c1csc(-c2ccco2)n1. The fourth-order valence-corrected chi connectivity index (χ4v) is 3.41. The number of hydrogen-bond donors (Lipinski definition) is 1. The molecule has 0 saturated carbocycles. The molecule has 0 bridgehead atoms. The predicted molar refractivity (Wildman–Crippen MR) is 80.1 cm³/mol. The number of rotatable bonds is 3. The summed E-state index contributed by atoms with van der Waals surface area (Å²) in [5, 5.41) is 11.8. The lowest BCUT2D eigenvalue weighted by Crippen LogP contribution is -2.46. The van der Waals surface area contributed by atoms with E-state index in [9.17, 15) is 9.90 Å². The summed E-state index contributed by atoms with van der Waals surface area (Å²) in [7, 11) is 0. The molecule has 21 heavy (non-hydrogen) atoms. The lowest BCUT2D eigenvalue weighted by Gasteiger charge is -2.37. The van der Waals surface area contributed by atoms with Crippen LogP contribution in [0.2, 0.25) is 0 Å². The first kappa shape index (κ1) is 14.3. The number of aliphatic hydroxyl groups excluding tert-OH is 1. The van der Waals surface area contributed by atoms with E-state index in [0.29, 0.717) is 23.0 Å². The summed E-state index contributed by atoms with van der Waals surface area (Å²) in [5.41, 5.74) is 0.455. The molecule has 2 aromatic heterocycles. The van der Waals surface area contributed by atoms with Gasteiger partial charge in [0.2, 0.25) is 0 Å². The number of carbonyl (C=O) groups excluding carboxylic acids is 1. The Labute approximate surface area is 127 Å². The molecule has 2 unspecified atom stereocenters. The maximum atomic E-state index is 12.6. The van der Waals surface area contributed by atoms with Gasteiger partial charge in [0.1, 0.15) is 5.69 Å². The van der Waals surface area contributed by atoms with Crippen LogP contribution in [0.25, 0.3) is 10.8 Å². The van der Waals surface area contributed by atoms with Gasteiger partial charge in [-0.3, -0.25) is 4.79 Å². The molecule has 5 nitrogen and oxygen atoms in total. The zero-order chi connectivity index (χ0) is 14.8. The highest BCUT2D eigenvalue weighted by Gasteiger charge is 2.30. The Morgan fingerprint density at radius 1 is 1.57 bits per heavy atom. The van der Waals surface area contributed by atoms with E-state index in [1.54, 1.807) is 17.7 Å². The molecule has 1 fully saturated rings. The third kappa shape index (κ3) is 2.87. The Kier molecular flexibility index (Phi) is 4.07. The molecule has 1 saturated heterocycles. The van der Waals surface area contributed by atoms with Crippen LogP contribution in [0, 0.1) is 5.92 Å². The molecule has 0 aliphatic carbocycles. The third-order valence-corrected chi connectivity index (χ3v) is 4.81. The fraction of sp³-hybridized carbons (Fsp3) is 0.467. The van der Waals surface area contributed by atoms with Gasteiger partial charge in [0.15, 0.2) is 10.8 Å². The summed E-state index contributed by atoms with van der Waals surface area (Å²) < 4.78 is 5.30. The van der Waals surface area contributed by atoms with Gasteiger partial charge in [0, 0.05) is 24.6 Å². The van der Waals surface area contributed by atoms with Gasteiger partial charge in [0.25, 0.3) is 5.91 Å². The topological polar surface area (TPSA) is 66.6 Å². The van der Waals surface area contributed by atoms with Crippen molar-refractivity contribution in [2.24, 2.45) is 5.92 Å². The van der Waals surface area contributed by atoms with Crippen molar-refractivity contribution in [3.05, 3.63) is 29.5 Å². The number of furan rings is 1. The number of carbonyl (C=O) groups is 1. The van der Waals surface area contributed by atoms with E-state index < -0.39 is 0 Å². The monoisotopic (exact) mass is 306 g/mol. The maximum absolute atomic E-state index is 12.6. The second-order valence-electron chi connectivity index (χ2n) is 5.45. The van der Waals surface area contributed by atoms with Crippen LogP contribution >= 0.6 is 11.3 Å². The van der Waals surface area contributed by atoms with Crippen molar-refractivity contribution in [1.82, 2.24) is 9.88 Å². The molecular weight excluding hydrogens is 288 g/mol. The zero-order valence-corrected chi connectivity index (χ0v) is 12.7. The van der Waals surface area contributed by atoms with Gasteiger partial charge in [0.05, 0.1) is 6.26 Å². The molecule has 1 aliphatic rings. The summed E-state index contributed by atoms with van der Waals surface area (Å²) in [5.74, 6) is 0.794. The van der Waals surface area contributed by atoms with Gasteiger partial charge in [-0.15, -0.1) is 11.3 Å². The first-order valence-electron chi connectivity index (χ1n) is 7.10. The van der Waals surface area contributed by atoms with Gasteiger partial charge in [-0.05, 0) is 37.8 Å². The molecule has 0 aromatic carbocycles. The summed E-state index contributed by atoms with van der Waals surface area (Å²) in [4.78, 5) is 18.8. The molecule has 112 valence electrons. The summed E-state index contributed by atoms with van der Waals surface area (Å²) in [6.07, 6.45) is 3.49. The van der Waals surface area contributed by atoms with Crippen molar-refractivity contribution in [1.29, 1.82) is 0 Å². The second-order valence-corrected chi connectivity index (χ2v) is 6.31. The number of aliphatic hydroxyl groups is 1. The molecule has 1 amide bonds. The molecule has 6 heteroatoms. The molecule has 0 radical (unpaired) electrons. The van der Waals surface area contributed by atoms with Crippen LogP contribution in [0.1, 0.15) is 30.3 Å². The van der Waals surface area contributed by atoms with Gasteiger partial charge < -0.3 is 14.4 Å². The van der Waals surface area contributed by atoms with Crippen molar-refractivity contribution < 1.29 is 14.3 Å². The largest absolute Gasteiger partial charge is 0.462 e. The van der Waals surface area contributed by atoms with Crippen molar-refractivity contribution in [3.8, 4) is 10.8 Å². The molecular formula is C15H18N2O3S. The highest BCUT2D eigenvalue weighted by molar-refractivity contribution is 7.13. The number of amides is 1. The third-order valence-electron chi connectivity index (χ3n) is 3.95. The number of piperidine rings is 1. The molecule has 0 spiro atoms. The van der Waals surface area contributed by atoms with E-state index in [1.165, 1.54) is 11.3 Å².